The third-order valence-corrected chi connectivity index (χ3v) is 5.53. The topological polar surface area (TPSA) is 29.3 Å². The molecule has 2 rings (SSSR count). The first-order valence-electron chi connectivity index (χ1n) is 8.25. The first kappa shape index (κ1) is 14.3. The normalized spacial score (nSPS) is 34.3. The van der Waals surface area contributed by atoms with Gasteiger partial charge >= 0.3 is 0 Å². The van der Waals surface area contributed by atoms with Crippen molar-refractivity contribution in [3.63, 3.8) is 0 Å². The van der Waals surface area contributed by atoms with Crippen LogP contribution < -0.4 is 5.73 Å². The van der Waals surface area contributed by atoms with Crippen molar-refractivity contribution in [3.05, 3.63) is 0 Å². The molecule has 106 valence electrons. The van der Waals surface area contributed by atoms with E-state index >= 15 is 0 Å². The van der Waals surface area contributed by atoms with Gasteiger partial charge in [0.2, 0.25) is 0 Å². The highest BCUT2D eigenvalue weighted by atomic mass is 15.2. The van der Waals surface area contributed by atoms with Crippen molar-refractivity contribution >= 4 is 0 Å². The Labute approximate surface area is 113 Å². The first-order chi connectivity index (χ1) is 8.80. The highest BCUT2D eigenvalue weighted by Crippen LogP contribution is 2.36. The van der Waals surface area contributed by atoms with Crippen LogP contribution in [0.2, 0.25) is 0 Å². The van der Waals surface area contributed by atoms with Gasteiger partial charge in [-0.1, -0.05) is 39.5 Å². The van der Waals surface area contributed by atoms with Crippen molar-refractivity contribution < 1.29 is 0 Å². The number of nitrogens with zero attached hydrogens (tertiary/aromatic N) is 1. The molecule has 0 aliphatic heterocycles. The summed E-state index contributed by atoms with van der Waals surface area (Å²) in [4.78, 5) is 2.83. The first-order valence-corrected chi connectivity index (χ1v) is 8.25. The fourth-order valence-corrected chi connectivity index (χ4v) is 4.35. The quantitative estimate of drug-likeness (QED) is 0.812. The maximum atomic E-state index is 6.05. The lowest BCUT2D eigenvalue weighted by molar-refractivity contribution is 0.0517. The van der Waals surface area contributed by atoms with Gasteiger partial charge in [-0.3, -0.25) is 4.90 Å². The average Bonchev–Trinajstić information content (AvgIpc) is 2.93. The molecule has 2 saturated carbocycles. The summed E-state index contributed by atoms with van der Waals surface area (Å²) >= 11 is 0. The van der Waals surface area contributed by atoms with E-state index in [9.17, 15) is 0 Å². The zero-order valence-corrected chi connectivity index (χ0v) is 12.4. The Morgan fingerprint density at radius 3 is 2.33 bits per heavy atom. The van der Waals surface area contributed by atoms with E-state index in [1.54, 1.807) is 0 Å². The fraction of sp³-hybridized carbons (Fsp3) is 1.00. The van der Waals surface area contributed by atoms with Gasteiger partial charge in [0, 0.05) is 12.1 Å². The molecule has 2 nitrogen and oxygen atoms in total. The molecule has 2 heteroatoms. The van der Waals surface area contributed by atoms with Gasteiger partial charge in [-0.25, -0.2) is 0 Å². The molecule has 0 aromatic carbocycles. The lowest BCUT2D eigenvalue weighted by Gasteiger charge is -2.44. The molecule has 0 amide bonds. The predicted octanol–water partition coefficient (Wildman–Crippen LogP) is 3.40. The number of nitrogens with two attached hydrogens (primary N) is 1. The molecule has 18 heavy (non-hydrogen) atoms. The summed E-state index contributed by atoms with van der Waals surface area (Å²) in [6.07, 6.45) is 11.3. The van der Waals surface area contributed by atoms with Crippen LogP contribution in [-0.2, 0) is 0 Å². The molecular weight excluding hydrogens is 220 g/mol. The lowest BCUT2D eigenvalue weighted by Crippen LogP contribution is -2.50. The Bertz CT molecular complexity index is 235. The molecular formula is C16H32N2. The minimum absolute atomic E-state index is 0.758. The van der Waals surface area contributed by atoms with Gasteiger partial charge in [0.1, 0.15) is 0 Å². The van der Waals surface area contributed by atoms with E-state index in [2.05, 4.69) is 18.7 Å². The van der Waals surface area contributed by atoms with E-state index < -0.39 is 0 Å². The van der Waals surface area contributed by atoms with Crippen LogP contribution in [0.25, 0.3) is 0 Å². The molecule has 2 aliphatic carbocycles. The Morgan fingerprint density at radius 1 is 1.06 bits per heavy atom. The van der Waals surface area contributed by atoms with E-state index in [0.29, 0.717) is 0 Å². The SMILES string of the molecule is CCC1CCC(CN)C(N(CC)C2CCCC2)C1. The number of rotatable bonds is 5. The van der Waals surface area contributed by atoms with Crippen LogP contribution in [0.5, 0.6) is 0 Å². The highest BCUT2D eigenvalue weighted by molar-refractivity contribution is 4.90. The average molecular weight is 252 g/mol. The molecule has 0 spiro atoms. The summed E-state index contributed by atoms with van der Waals surface area (Å²) < 4.78 is 0. The zero-order valence-electron chi connectivity index (χ0n) is 12.4. The highest BCUT2D eigenvalue weighted by Gasteiger charge is 2.36. The van der Waals surface area contributed by atoms with Crippen molar-refractivity contribution in [1.82, 2.24) is 4.90 Å². The summed E-state index contributed by atoms with van der Waals surface area (Å²) in [6.45, 7) is 6.82. The molecule has 2 aliphatic rings. The molecule has 3 unspecified atom stereocenters. The smallest absolute Gasteiger partial charge is 0.0141 e. The van der Waals surface area contributed by atoms with Crippen molar-refractivity contribution in [2.24, 2.45) is 17.6 Å². The summed E-state index contributed by atoms with van der Waals surface area (Å²) in [5, 5.41) is 0. The van der Waals surface area contributed by atoms with Gasteiger partial charge in [-0.2, -0.15) is 0 Å². The largest absolute Gasteiger partial charge is 0.330 e. The third-order valence-electron chi connectivity index (χ3n) is 5.53. The van der Waals surface area contributed by atoms with E-state index in [0.717, 1.165) is 30.5 Å². The molecule has 0 aromatic rings. The van der Waals surface area contributed by atoms with E-state index in [1.807, 2.05) is 0 Å². The second kappa shape index (κ2) is 6.91. The van der Waals surface area contributed by atoms with Gasteiger partial charge in [-0.05, 0) is 50.6 Å². The van der Waals surface area contributed by atoms with Crippen molar-refractivity contribution in [2.75, 3.05) is 13.1 Å². The third kappa shape index (κ3) is 3.08. The second-order valence-corrected chi connectivity index (χ2v) is 6.42. The molecule has 0 saturated heterocycles. The van der Waals surface area contributed by atoms with Crippen LogP contribution in [0.15, 0.2) is 0 Å². The molecule has 0 heterocycles. The van der Waals surface area contributed by atoms with Crippen LogP contribution in [-0.4, -0.2) is 30.1 Å². The Morgan fingerprint density at radius 2 is 1.78 bits per heavy atom. The van der Waals surface area contributed by atoms with Crippen LogP contribution in [0.3, 0.4) is 0 Å². The van der Waals surface area contributed by atoms with Crippen LogP contribution >= 0.6 is 0 Å². The van der Waals surface area contributed by atoms with Crippen molar-refractivity contribution in [2.45, 2.75) is 77.3 Å². The molecule has 0 aromatic heterocycles. The van der Waals surface area contributed by atoms with Crippen LogP contribution in [0.4, 0.5) is 0 Å². The summed E-state index contributed by atoms with van der Waals surface area (Å²) in [5.74, 6) is 1.71. The van der Waals surface area contributed by atoms with E-state index in [-0.39, 0.29) is 0 Å². The van der Waals surface area contributed by atoms with Gasteiger partial charge in [0.15, 0.2) is 0 Å². The van der Waals surface area contributed by atoms with Crippen LogP contribution in [0, 0.1) is 11.8 Å². The van der Waals surface area contributed by atoms with Gasteiger partial charge in [-0.15, -0.1) is 0 Å². The van der Waals surface area contributed by atoms with Crippen molar-refractivity contribution in [3.8, 4) is 0 Å². The standard InChI is InChI=1S/C16H32N2/c1-3-13-9-10-14(12-17)16(11-13)18(4-2)15-7-5-6-8-15/h13-16H,3-12,17H2,1-2H3. The maximum absolute atomic E-state index is 6.05. The zero-order chi connectivity index (χ0) is 13.0. The summed E-state index contributed by atoms with van der Waals surface area (Å²) in [7, 11) is 0. The summed E-state index contributed by atoms with van der Waals surface area (Å²) in [6, 6.07) is 1.64. The minimum Gasteiger partial charge on any atom is -0.330 e. The maximum Gasteiger partial charge on any atom is 0.0141 e. The van der Waals surface area contributed by atoms with Gasteiger partial charge < -0.3 is 5.73 Å². The minimum atomic E-state index is 0.758. The molecule has 2 N–H and O–H groups in total. The van der Waals surface area contributed by atoms with Crippen LogP contribution in [0.1, 0.15) is 65.2 Å². The molecule has 3 atom stereocenters. The Hall–Kier alpha value is -0.0800. The Kier molecular flexibility index (Phi) is 5.50. The molecule has 2 fully saturated rings. The predicted molar refractivity (Wildman–Crippen MR) is 78.6 cm³/mol. The monoisotopic (exact) mass is 252 g/mol. The van der Waals surface area contributed by atoms with E-state index in [1.165, 1.54) is 57.9 Å². The number of hydrogen-bond acceptors (Lipinski definition) is 2. The summed E-state index contributed by atoms with van der Waals surface area (Å²) in [5.41, 5.74) is 6.05. The molecule has 0 bridgehead atoms. The van der Waals surface area contributed by atoms with E-state index in [4.69, 9.17) is 5.73 Å². The second-order valence-electron chi connectivity index (χ2n) is 6.42. The van der Waals surface area contributed by atoms with Crippen molar-refractivity contribution in [1.29, 1.82) is 0 Å². The molecule has 0 radical (unpaired) electrons. The Balaban J connectivity index is 2.04. The lowest BCUT2D eigenvalue weighted by atomic mass is 9.76. The van der Waals surface area contributed by atoms with Gasteiger partial charge in [0.25, 0.3) is 0 Å². The fourth-order valence-electron chi connectivity index (χ4n) is 4.35. The number of hydrogen-bond donors (Lipinski definition) is 1. The van der Waals surface area contributed by atoms with Gasteiger partial charge in [0.05, 0.1) is 0 Å².